The fourth-order valence-corrected chi connectivity index (χ4v) is 5.60. The second kappa shape index (κ2) is 10.7. The number of hydrogen-bond acceptors (Lipinski definition) is 7. The van der Waals surface area contributed by atoms with E-state index in [2.05, 4.69) is 15.3 Å². The van der Waals surface area contributed by atoms with E-state index in [9.17, 15) is 27.5 Å². The summed E-state index contributed by atoms with van der Waals surface area (Å²) in [5.41, 5.74) is 5.69. The van der Waals surface area contributed by atoms with E-state index < -0.39 is 30.1 Å². The molecule has 0 aliphatic carbocycles. The molecular formula is C27H26ClF4N5O3. The number of halogens is 5. The van der Waals surface area contributed by atoms with Crippen molar-refractivity contribution in [2.45, 2.75) is 37.6 Å². The standard InChI is InChI=1S/C27H26ClF4N5O3/c28-16-4-5-18(19(11-16)15-2-1-3-17(29)10-15)23(27(30,31)32)40-22-12-21(35-25(33)36-22)37-8-6-26(7-9-37)13-20(24(38)39)34-14-26/h1-5,10-12,20,23,34H,6-9,13-14H2,(H,38,39)(H2,33,35,36)/t20-,23+/m0/s1. The molecule has 2 fully saturated rings. The lowest BCUT2D eigenvalue weighted by Gasteiger charge is -2.39. The van der Waals surface area contributed by atoms with Crippen molar-refractivity contribution in [3.8, 4) is 17.0 Å². The summed E-state index contributed by atoms with van der Waals surface area (Å²) in [5.74, 6) is -1.83. The first-order valence-corrected chi connectivity index (χ1v) is 12.9. The van der Waals surface area contributed by atoms with Crippen LogP contribution >= 0.6 is 11.6 Å². The molecule has 3 aromatic rings. The second-order valence-corrected chi connectivity index (χ2v) is 10.6. The Labute approximate surface area is 232 Å². The Morgan fingerprint density at radius 1 is 1.18 bits per heavy atom. The smallest absolute Gasteiger partial charge is 0.429 e. The van der Waals surface area contributed by atoms with Crippen LogP contribution in [0.2, 0.25) is 5.02 Å². The number of ether oxygens (including phenoxy) is 1. The van der Waals surface area contributed by atoms with Gasteiger partial charge in [0.25, 0.3) is 0 Å². The number of nitrogen functional groups attached to an aromatic ring is 1. The molecule has 2 aromatic carbocycles. The van der Waals surface area contributed by atoms with Crippen molar-refractivity contribution in [3.63, 3.8) is 0 Å². The molecule has 0 unspecified atom stereocenters. The zero-order chi connectivity index (χ0) is 28.7. The zero-order valence-electron chi connectivity index (χ0n) is 21.1. The third kappa shape index (κ3) is 5.92. The van der Waals surface area contributed by atoms with Gasteiger partial charge in [-0.05, 0) is 60.1 Å². The average Bonchev–Trinajstić information content (AvgIpc) is 3.31. The molecule has 13 heteroatoms. The van der Waals surface area contributed by atoms with Crippen molar-refractivity contribution in [2.24, 2.45) is 5.41 Å². The van der Waals surface area contributed by atoms with E-state index in [1.165, 1.54) is 42.5 Å². The first-order chi connectivity index (χ1) is 18.9. The Morgan fingerprint density at radius 3 is 2.58 bits per heavy atom. The molecule has 40 heavy (non-hydrogen) atoms. The predicted octanol–water partition coefficient (Wildman–Crippen LogP) is 5.23. The topological polar surface area (TPSA) is 114 Å². The second-order valence-electron chi connectivity index (χ2n) is 10.2. The summed E-state index contributed by atoms with van der Waals surface area (Å²) in [5, 5.41) is 12.5. The first kappa shape index (κ1) is 27.9. The molecular weight excluding hydrogens is 554 g/mol. The number of aliphatic carboxylic acids is 1. The third-order valence-electron chi connectivity index (χ3n) is 7.48. The first-order valence-electron chi connectivity index (χ1n) is 12.6. The minimum absolute atomic E-state index is 0.0581. The fraction of sp³-hybridized carbons (Fsp3) is 0.370. The zero-order valence-corrected chi connectivity index (χ0v) is 21.8. The number of alkyl halides is 3. The number of hydrogen-bond donors (Lipinski definition) is 3. The minimum atomic E-state index is -4.87. The van der Waals surface area contributed by atoms with Crippen molar-refractivity contribution >= 4 is 29.3 Å². The molecule has 0 amide bonds. The Balaban J connectivity index is 1.41. The molecule has 2 aliphatic rings. The molecule has 5 rings (SSSR count). The summed E-state index contributed by atoms with van der Waals surface area (Å²) in [6, 6.07) is 9.70. The Kier molecular flexibility index (Phi) is 7.49. The molecule has 2 aliphatic heterocycles. The maximum absolute atomic E-state index is 14.4. The molecule has 1 spiro atoms. The number of nitrogens with zero attached hydrogens (tertiary/aromatic N) is 3. The summed E-state index contributed by atoms with van der Waals surface area (Å²) < 4.78 is 62.6. The lowest BCUT2D eigenvalue weighted by Crippen LogP contribution is -2.41. The summed E-state index contributed by atoms with van der Waals surface area (Å²) in [6.07, 6.45) is -5.47. The number of rotatable bonds is 6. The van der Waals surface area contributed by atoms with Gasteiger partial charge < -0.3 is 25.8 Å². The summed E-state index contributed by atoms with van der Waals surface area (Å²) in [7, 11) is 0. The van der Waals surface area contributed by atoms with Gasteiger partial charge in [-0.3, -0.25) is 4.79 Å². The lowest BCUT2D eigenvalue weighted by atomic mass is 9.76. The number of benzene rings is 2. The molecule has 0 saturated carbocycles. The number of carboxylic acids is 1. The highest BCUT2D eigenvalue weighted by Crippen LogP contribution is 2.43. The quantitative estimate of drug-likeness (QED) is 0.340. The predicted molar refractivity (Wildman–Crippen MR) is 141 cm³/mol. The number of carboxylic acid groups (broad SMARTS) is 1. The van der Waals surface area contributed by atoms with E-state index in [0.717, 1.165) is 6.07 Å². The van der Waals surface area contributed by atoms with Gasteiger partial charge in [0, 0.05) is 36.3 Å². The van der Waals surface area contributed by atoms with Gasteiger partial charge in [0.15, 0.2) is 0 Å². The number of carbonyl (C=O) groups is 1. The van der Waals surface area contributed by atoms with Crippen LogP contribution in [0.4, 0.5) is 29.3 Å². The molecule has 0 bridgehead atoms. The van der Waals surface area contributed by atoms with Gasteiger partial charge in [0.05, 0.1) is 0 Å². The Hall–Kier alpha value is -3.64. The largest absolute Gasteiger partial charge is 0.480 e. The number of piperidine rings is 1. The van der Waals surface area contributed by atoms with Gasteiger partial charge in [-0.15, -0.1) is 0 Å². The summed E-state index contributed by atoms with van der Waals surface area (Å²) in [4.78, 5) is 21.3. The normalized spacial score (nSPS) is 19.5. The number of anilines is 2. The van der Waals surface area contributed by atoms with Crippen LogP contribution in [0, 0.1) is 11.2 Å². The molecule has 0 radical (unpaired) electrons. The van der Waals surface area contributed by atoms with E-state index in [-0.39, 0.29) is 39.0 Å². The van der Waals surface area contributed by atoms with Crippen LogP contribution in [0.25, 0.3) is 11.1 Å². The van der Waals surface area contributed by atoms with Crippen molar-refractivity contribution in [1.29, 1.82) is 0 Å². The average molecular weight is 580 g/mol. The number of aromatic nitrogens is 2. The van der Waals surface area contributed by atoms with Gasteiger partial charge in [-0.25, -0.2) is 4.39 Å². The van der Waals surface area contributed by atoms with Gasteiger partial charge >= 0.3 is 12.1 Å². The molecule has 212 valence electrons. The highest BCUT2D eigenvalue weighted by molar-refractivity contribution is 6.30. The minimum Gasteiger partial charge on any atom is -0.480 e. The third-order valence-corrected chi connectivity index (χ3v) is 7.72. The van der Waals surface area contributed by atoms with Crippen LogP contribution < -0.4 is 20.7 Å². The van der Waals surface area contributed by atoms with Gasteiger partial charge in [0.1, 0.15) is 17.7 Å². The van der Waals surface area contributed by atoms with Gasteiger partial charge in [-0.2, -0.15) is 23.1 Å². The highest BCUT2D eigenvalue weighted by atomic mass is 35.5. The Bertz CT molecular complexity index is 1420. The maximum atomic E-state index is 14.4. The Morgan fingerprint density at radius 2 is 1.93 bits per heavy atom. The van der Waals surface area contributed by atoms with Crippen molar-refractivity contribution in [1.82, 2.24) is 15.3 Å². The van der Waals surface area contributed by atoms with Gasteiger partial charge in [0.2, 0.25) is 17.9 Å². The molecule has 3 heterocycles. The van der Waals surface area contributed by atoms with Crippen LogP contribution in [-0.2, 0) is 4.79 Å². The van der Waals surface area contributed by atoms with Gasteiger partial charge in [-0.1, -0.05) is 29.8 Å². The van der Waals surface area contributed by atoms with Crippen molar-refractivity contribution in [2.75, 3.05) is 30.3 Å². The van der Waals surface area contributed by atoms with E-state index in [1.54, 1.807) is 0 Å². The molecule has 1 aromatic heterocycles. The van der Waals surface area contributed by atoms with Crippen molar-refractivity contribution < 1.29 is 32.2 Å². The molecule has 8 nitrogen and oxygen atoms in total. The van der Waals surface area contributed by atoms with E-state index in [1.807, 2.05) is 4.90 Å². The van der Waals surface area contributed by atoms with Crippen LogP contribution in [0.3, 0.4) is 0 Å². The summed E-state index contributed by atoms with van der Waals surface area (Å²) in [6.45, 7) is 1.60. The number of nitrogens with two attached hydrogens (primary N) is 1. The maximum Gasteiger partial charge on any atom is 0.429 e. The number of nitrogens with one attached hydrogen (secondary N) is 1. The van der Waals surface area contributed by atoms with Crippen LogP contribution in [0.1, 0.15) is 30.9 Å². The van der Waals surface area contributed by atoms with E-state index in [0.29, 0.717) is 44.7 Å². The monoisotopic (exact) mass is 579 g/mol. The lowest BCUT2D eigenvalue weighted by molar-refractivity contribution is -0.198. The van der Waals surface area contributed by atoms with Crippen LogP contribution in [0.15, 0.2) is 48.5 Å². The van der Waals surface area contributed by atoms with Crippen LogP contribution in [-0.4, -0.2) is 52.9 Å². The van der Waals surface area contributed by atoms with E-state index >= 15 is 0 Å². The summed E-state index contributed by atoms with van der Waals surface area (Å²) >= 11 is 6.09. The highest BCUT2D eigenvalue weighted by Gasteiger charge is 2.46. The fourth-order valence-electron chi connectivity index (χ4n) is 5.43. The molecule has 4 N–H and O–H groups in total. The van der Waals surface area contributed by atoms with Crippen LogP contribution in [0.5, 0.6) is 5.88 Å². The molecule has 2 saturated heterocycles. The SMILES string of the molecule is Nc1nc(O[C@H](c2ccc(Cl)cc2-c2cccc(F)c2)C(F)(F)F)cc(N2CCC3(CC2)CN[C@H](C(=O)O)C3)n1. The van der Waals surface area contributed by atoms with Crippen molar-refractivity contribution in [3.05, 3.63) is 64.9 Å². The van der Waals surface area contributed by atoms with E-state index in [4.69, 9.17) is 22.1 Å². The molecule has 2 atom stereocenters.